The Kier molecular flexibility index (Phi) is 6.17. The van der Waals surface area contributed by atoms with Gasteiger partial charge in [-0.3, -0.25) is 0 Å². The molecule has 0 amide bonds. The molecule has 0 aromatic heterocycles. The number of fused-ring (bicyclic) bond motifs is 1. The number of hydrogen-bond acceptors (Lipinski definition) is 4. The molecule has 172 valence electrons. The van der Waals surface area contributed by atoms with Gasteiger partial charge in [-0.05, 0) is 80.3 Å². The fourth-order valence-electron chi connectivity index (χ4n) is 4.59. The average molecular weight is 447 g/mol. The fraction of sp³-hybridized carbons (Fsp3) is 0.286. The van der Waals surface area contributed by atoms with E-state index in [1.807, 2.05) is 24.3 Å². The van der Waals surface area contributed by atoms with E-state index >= 15 is 0 Å². The molecule has 33 heavy (non-hydrogen) atoms. The molecule has 3 aromatic carbocycles. The summed E-state index contributed by atoms with van der Waals surface area (Å²) in [6, 6.07) is 16.6. The molecule has 0 saturated carbocycles. The van der Waals surface area contributed by atoms with Crippen molar-refractivity contribution in [3.8, 4) is 16.9 Å². The van der Waals surface area contributed by atoms with Crippen LogP contribution in [0.3, 0.4) is 0 Å². The molecule has 4 rings (SSSR count). The van der Waals surface area contributed by atoms with Crippen LogP contribution in [0.15, 0.2) is 60.7 Å². The number of rotatable bonds is 6. The first kappa shape index (κ1) is 22.9. The molecule has 5 heteroatoms. The molecular weight excluding hydrogens is 415 g/mol. The molecule has 1 unspecified atom stereocenters. The smallest absolute Gasteiger partial charge is 0.129 e. The molecule has 3 N–H and O–H groups in total. The Hall–Kier alpha value is -3.31. The Morgan fingerprint density at radius 1 is 1.06 bits per heavy atom. The lowest BCUT2D eigenvalue weighted by Gasteiger charge is -2.33. The molecule has 0 spiro atoms. The van der Waals surface area contributed by atoms with Crippen LogP contribution in [0.2, 0.25) is 0 Å². The lowest BCUT2D eigenvalue weighted by molar-refractivity contribution is 0.199. The second kappa shape index (κ2) is 8.91. The Morgan fingerprint density at radius 2 is 1.76 bits per heavy atom. The van der Waals surface area contributed by atoms with Crippen LogP contribution in [-0.2, 0) is 6.54 Å². The molecule has 0 saturated heterocycles. The van der Waals surface area contributed by atoms with Crippen LogP contribution in [0.4, 0.5) is 15.8 Å². The molecule has 0 bridgehead atoms. The van der Waals surface area contributed by atoms with E-state index in [1.165, 1.54) is 17.7 Å². The molecule has 3 aromatic rings. The summed E-state index contributed by atoms with van der Waals surface area (Å²) in [5.74, 6) is 0.175. The number of aliphatic hydroxyl groups excluding tert-OH is 1. The van der Waals surface area contributed by atoms with Crippen molar-refractivity contribution in [2.45, 2.75) is 45.9 Å². The van der Waals surface area contributed by atoms with Crippen molar-refractivity contribution < 1.29 is 14.2 Å². The van der Waals surface area contributed by atoms with E-state index in [0.717, 1.165) is 39.2 Å². The van der Waals surface area contributed by atoms with Crippen LogP contribution in [0.1, 0.15) is 50.5 Å². The van der Waals surface area contributed by atoms with Crippen molar-refractivity contribution in [1.82, 2.24) is 0 Å². The first-order valence-corrected chi connectivity index (χ1v) is 11.2. The van der Waals surface area contributed by atoms with Crippen molar-refractivity contribution in [2.24, 2.45) is 0 Å². The van der Waals surface area contributed by atoms with E-state index in [0.29, 0.717) is 12.3 Å². The number of ether oxygens (including phenoxy) is 1. The van der Waals surface area contributed by atoms with Crippen molar-refractivity contribution in [3.63, 3.8) is 0 Å². The van der Waals surface area contributed by atoms with Gasteiger partial charge in [-0.1, -0.05) is 24.3 Å². The number of anilines is 2. The minimum atomic E-state index is -0.500. The zero-order valence-corrected chi connectivity index (χ0v) is 19.8. The summed E-state index contributed by atoms with van der Waals surface area (Å²) in [5.41, 5.74) is 8.05. The number of allylic oxidation sites excluding steroid dienone is 1. The Balaban J connectivity index is 1.80. The van der Waals surface area contributed by atoms with Gasteiger partial charge in [-0.25, -0.2) is 4.39 Å². The van der Waals surface area contributed by atoms with Gasteiger partial charge in [0.25, 0.3) is 0 Å². The Bertz CT molecular complexity index is 1200. The quantitative estimate of drug-likeness (QED) is 0.391. The lowest BCUT2D eigenvalue weighted by Crippen LogP contribution is -2.32. The number of methoxy groups -OCH3 is 1. The summed E-state index contributed by atoms with van der Waals surface area (Å²) in [4.78, 5) is 0. The number of benzene rings is 3. The largest absolute Gasteiger partial charge is 0.496 e. The minimum Gasteiger partial charge on any atom is -0.496 e. The van der Waals surface area contributed by atoms with Crippen LogP contribution in [0.25, 0.3) is 16.7 Å². The maximum absolute atomic E-state index is 13.9. The topological polar surface area (TPSA) is 53.5 Å². The maximum Gasteiger partial charge on any atom is 0.129 e. The van der Waals surface area contributed by atoms with Gasteiger partial charge >= 0.3 is 0 Å². The van der Waals surface area contributed by atoms with Gasteiger partial charge in [0.1, 0.15) is 11.6 Å². The van der Waals surface area contributed by atoms with Gasteiger partial charge in [0.15, 0.2) is 0 Å². The second-order valence-electron chi connectivity index (χ2n) is 9.18. The van der Waals surface area contributed by atoms with Gasteiger partial charge in [-0.15, -0.1) is 0 Å². The average Bonchev–Trinajstić information content (AvgIpc) is 2.76. The van der Waals surface area contributed by atoms with Gasteiger partial charge in [0.05, 0.1) is 18.8 Å². The molecular formula is C28H31FN2O2. The van der Waals surface area contributed by atoms with Gasteiger partial charge in [0.2, 0.25) is 0 Å². The highest BCUT2D eigenvalue weighted by Crippen LogP contribution is 2.42. The predicted octanol–water partition coefficient (Wildman–Crippen LogP) is 6.77. The summed E-state index contributed by atoms with van der Waals surface area (Å²) in [6.07, 6.45) is 1.74. The standard InChI is InChI=1S/C28H31FN2O2/c1-17-15-28(3,4)31-25-13-12-22(23-11-8-20(29)14-26(23)33-5)24(27(17)25)16-30-21-9-6-19(7-10-21)18(2)32/h6-15,18,30-32H,16H2,1-5H3. The Labute approximate surface area is 195 Å². The highest BCUT2D eigenvalue weighted by molar-refractivity contribution is 5.88. The molecule has 4 nitrogen and oxygen atoms in total. The van der Waals surface area contributed by atoms with Gasteiger partial charge in [0, 0.05) is 35.1 Å². The maximum atomic E-state index is 13.9. The van der Waals surface area contributed by atoms with Crippen LogP contribution in [0.5, 0.6) is 5.75 Å². The zero-order chi connectivity index (χ0) is 23.8. The van der Waals surface area contributed by atoms with E-state index in [9.17, 15) is 9.50 Å². The predicted molar refractivity (Wildman–Crippen MR) is 134 cm³/mol. The highest BCUT2D eigenvalue weighted by atomic mass is 19.1. The number of nitrogens with one attached hydrogen (secondary N) is 2. The normalized spacial score (nSPS) is 15.2. The van der Waals surface area contributed by atoms with Crippen molar-refractivity contribution in [1.29, 1.82) is 0 Å². The molecule has 1 atom stereocenters. The third-order valence-corrected chi connectivity index (χ3v) is 6.06. The van der Waals surface area contributed by atoms with Crippen LogP contribution >= 0.6 is 0 Å². The summed E-state index contributed by atoms with van der Waals surface area (Å²) in [6.45, 7) is 8.76. The monoisotopic (exact) mass is 446 g/mol. The summed E-state index contributed by atoms with van der Waals surface area (Å²) in [7, 11) is 1.56. The SMILES string of the molecule is COc1cc(F)ccc1-c1ccc2c(c1CNc1ccc(C(C)O)cc1)C(C)=CC(C)(C)N2. The summed E-state index contributed by atoms with van der Waals surface area (Å²) < 4.78 is 19.4. The van der Waals surface area contributed by atoms with E-state index in [2.05, 4.69) is 49.6 Å². The fourth-order valence-corrected chi connectivity index (χ4v) is 4.59. The number of halogens is 1. The molecule has 0 fully saturated rings. The van der Waals surface area contributed by atoms with Gasteiger partial charge < -0.3 is 20.5 Å². The molecule has 1 aliphatic heterocycles. The van der Waals surface area contributed by atoms with E-state index < -0.39 is 6.10 Å². The summed E-state index contributed by atoms with van der Waals surface area (Å²) in [5, 5.41) is 16.9. The molecule has 1 heterocycles. The third kappa shape index (κ3) is 4.74. The number of hydrogen-bond donors (Lipinski definition) is 3. The first-order chi connectivity index (χ1) is 15.7. The van der Waals surface area contributed by atoms with Crippen LogP contribution < -0.4 is 15.4 Å². The Morgan fingerprint density at radius 3 is 2.42 bits per heavy atom. The highest BCUT2D eigenvalue weighted by Gasteiger charge is 2.26. The van der Waals surface area contributed by atoms with Crippen molar-refractivity contribution in [3.05, 3.63) is 83.2 Å². The van der Waals surface area contributed by atoms with E-state index in [4.69, 9.17) is 4.74 Å². The van der Waals surface area contributed by atoms with Crippen molar-refractivity contribution >= 4 is 16.9 Å². The van der Waals surface area contributed by atoms with Crippen LogP contribution in [0, 0.1) is 5.82 Å². The van der Waals surface area contributed by atoms with Crippen molar-refractivity contribution in [2.75, 3.05) is 17.7 Å². The van der Waals surface area contributed by atoms with E-state index in [1.54, 1.807) is 20.1 Å². The first-order valence-electron chi connectivity index (χ1n) is 11.2. The van der Waals surface area contributed by atoms with Gasteiger partial charge in [-0.2, -0.15) is 0 Å². The van der Waals surface area contributed by atoms with Crippen LogP contribution in [-0.4, -0.2) is 17.8 Å². The minimum absolute atomic E-state index is 0.145. The number of aliphatic hydroxyl groups is 1. The zero-order valence-electron chi connectivity index (χ0n) is 19.8. The lowest BCUT2D eigenvalue weighted by atomic mass is 9.85. The second-order valence-corrected chi connectivity index (χ2v) is 9.18. The third-order valence-electron chi connectivity index (χ3n) is 6.06. The van der Waals surface area contributed by atoms with E-state index in [-0.39, 0.29) is 11.4 Å². The molecule has 0 aliphatic carbocycles. The summed E-state index contributed by atoms with van der Waals surface area (Å²) >= 11 is 0. The molecule has 0 radical (unpaired) electrons. The molecule has 1 aliphatic rings.